The van der Waals surface area contributed by atoms with Gasteiger partial charge in [0.05, 0.1) is 12.8 Å². The molecule has 0 saturated carbocycles. The molecule has 0 fully saturated rings. The first-order valence-electron chi connectivity index (χ1n) is 5.61. The van der Waals surface area contributed by atoms with Crippen LogP contribution in [-0.2, 0) is 0 Å². The number of nitrogens with one attached hydrogen (secondary N) is 1. The second-order valence-corrected chi connectivity index (χ2v) is 4.75. The van der Waals surface area contributed by atoms with E-state index in [9.17, 15) is 4.79 Å². The van der Waals surface area contributed by atoms with Crippen molar-refractivity contribution in [1.29, 1.82) is 0 Å². The molecular formula is C12H17IN2O2. The van der Waals surface area contributed by atoms with E-state index in [2.05, 4.69) is 31.4 Å². The number of carbonyl (C=O) groups excluding carboxylic acids is 1. The zero-order valence-electron chi connectivity index (χ0n) is 10.1. The normalized spacial score (nSPS) is 10.6. The number of nitrogens with zero attached hydrogens (tertiary/aromatic N) is 1. The van der Waals surface area contributed by atoms with E-state index in [1.807, 2.05) is 13.8 Å². The van der Waals surface area contributed by atoms with E-state index >= 15 is 0 Å². The Hall–Kier alpha value is -0.690. The average molecular weight is 348 g/mol. The van der Waals surface area contributed by atoms with Gasteiger partial charge in [0, 0.05) is 35.3 Å². The van der Waals surface area contributed by atoms with Crippen LogP contribution in [0.4, 0.5) is 0 Å². The summed E-state index contributed by atoms with van der Waals surface area (Å²) in [6, 6.07) is 3.51. The molecule has 1 aromatic heterocycles. The molecular weight excluding hydrogens is 331 g/mol. The van der Waals surface area contributed by atoms with E-state index < -0.39 is 0 Å². The molecule has 0 radical (unpaired) electrons. The first kappa shape index (κ1) is 14.4. The molecule has 17 heavy (non-hydrogen) atoms. The zero-order valence-corrected chi connectivity index (χ0v) is 12.2. The van der Waals surface area contributed by atoms with Gasteiger partial charge in [-0.1, -0.05) is 13.8 Å². The Kier molecular flexibility index (Phi) is 6.43. The van der Waals surface area contributed by atoms with Gasteiger partial charge >= 0.3 is 0 Å². The van der Waals surface area contributed by atoms with Crippen molar-refractivity contribution >= 4 is 28.6 Å². The Morgan fingerprint density at radius 1 is 1.53 bits per heavy atom. The van der Waals surface area contributed by atoms with Crippen molar-refractivity contribution in [2.45, 2.75) is 20.3 Å². The van der Waals surface area contributed by atoms with Gasteiger partial charge in [-0.15, -0.1) is 0 Å². The highest BCUT2D eigenvalue weighted by Crippen LogP contribution is 2.12. The van der Waals surface area contributed by atoms with Crippen molar-refractivity contribution in [3.63, 3.8) is 0 Å². The lowest BCUT2D eigenvalue weighted by molar-refractivity contribution is 0.0934. The molecule has 0 unspecified atom stereocenters. The summed E-state index contributed by atoms with van der Waals surface area (Å²) in [7, 11) is 0. The third kappa shape index (κ3) is 4.99. The molecule has 0 aromatic carbocycles. The van der Waals surface area contributed by atoms with E-state index in [-0.39, 0.29) is 11.7 Å². The standard InChI is InChI=1S/C12H17IN2O2/c1-9(2)12(16)11-5-4-10(8-14-11)17-7-3-6-15-13/h4-5,8-9,15H,3,6-7H2,1-2H3. The monoisotopic (exact) mass is 348 g/mol. The van der Waals surface area contributed by atoms with Crippen molar-refractivity contribution in [3.8, 4) is 5.75 Å². The van der Waals surface area contributed by atoms with Crippen molar-refractivity contribution < 1.29 is 9.53 Å². The number of aromatic nitrogens is 1. The number of carbonyl (C=O) groups is 1. The molecule has 0 aliphatic carbocycles. The Morgan fingerprint density at radius 3 is 2.82 bits per heavy atom. The molecule has 1 heterocycles. The van der Waals surface area contributed by atoms with E-state index in [1.165, 1.54) is 0 Å². The van der Waals surface area contributed by atoms with Gasteiger partial charge in [0.15, 0.2) is 5.78 Å². The van der Waals surface area contributed by atoms with Crippen LogP contribution in [0.2, 0.25) is 0 Å². The summed E-state index contributed by atoms with van der Waals surface area (Å²) in [5, 5.41) is 0. The minimum absolute atomic E-state index is 0.0241. The first-order valence-corrected chi connectivity index (χ1v) is 6.69. The molecule has 1 N–H and O–H groups in total. The number of hydrogen-bond acceptors (Lipinski definition) is 4. The van der Waals surface area contributed by atoms with Gasteiger partial charge in [-0.3, -0.25) is 8.32 Å². The predicted octanol–water partition coefficient (Wildman–Crippen LogP) is 2.63. The minimum Gasteiger partial charge on any atom is -0.492 e. The molecule has 0 atom stereocenters. The van der Waals surface area contributed by atoms with E-state index in [4.69, 9.17) is 4.74 Å². The molecule has 1 rings (SSSR count). The summed E-state index contributed by atoms with van der Waals surface area (Å²) in [5.41, 5.74) is 0.501. The molecule has 0 saturated heterocycles. The SMILES string of the molecule is CC(C)C(=O)c1ccc(OCCCNI)cn1. The van der Waals surface area contributed by atoms with E-state index in [0.29, 0.717) is 18.1 Å². The van der Waals surface area contributed by atoms with Gasteiger partial charge in [-0.05, 0) is 18.6 Å². The molecule has 5 heteroatoms. The van der Waals surface area contributed by atoms with Crippen LogP contribution in [0, 0.1) is 5.92 Å². The minimum atomic E-state index is -0.0241. The maximum atomic E-state index is 11.6. The lowest BCUT2D eigenvalue weighted by Gasteiger charge is -2.07. The van der Waals surface area contributed by atoms with E-state index in [1.54, 1.807) is 18.3 Å². The summed E-state index contributed by atoms with van der Waals surface area (Å²) in [6.07, 6.45) is 2.54. The number of hydrogen-bond donors (Lipinski definition) is 1. The summed E-state index contributed by atoms with van der Waals surface area (Å²) >= 11 is 2.10. The van der Waals surface area contributed by atoms with Gasteiger partial charge in [-0.25, -0.2) is 4.98 Å². The smallest absolute Gasteiger partial charge is 0.183 e. The first-order chi connectivity index (χ1) is 8.15. The van der Waals surface area contributed by atoms with Crippen LogP contribution in [0.3, 0.4) is 0 Å². The fraction of sp³-hybridized carbons (Fsp3) is 0.500. The van der Waals surface area contributed by atoms with Crippen LogP contribution in [0.1, 0.15) is 30.8 Å². The number of ketones is 1. The zero-order chi connectivity index (χ0) is 12.7. The Morgan fingerprint density at radius 2 is 2.29 bits per heavy atom. The van der Waals surface area contributed by atoms with Crippen LogP contribution >= 0.6 is 22.9 Å². The lowest BCUT2D eigenvalue weighted by atomic mass is 10.1. The van der Waals surface area contributed by atoms with Gasteiger partial charge in [-0.2, -0.15) is 0 Å². The fourth-order valence-electron chi connectivity index (χ4n) is 1.24. The predicted molar refractivity (Wildman–Crippen MR) is 75.5 cm³/mol. The average Bonchev–Trinajstić information content (AvgIpc) is 2.34. The number of Topliss-reactive ketones (excluding diaryl/α,β-unsaturated/α-hetero) is 1. The Balaban J connectivity index is 2.47. The second kappa shape index (κ2) is 7.60. The summed E-state index contributed by atoms with van der Waals surface area (Å²) in [4.78, 5) is 15.7. The largest absolute Gasteiger partial charge is 0.492 e. The maximum Gasteiger partial charge on any atom is 0.183 e. The van der Waals surface area contributed by atoms with Crippen LogP contribution < -0.4 is 8.27 Å². The van der Waals surface area contributed by atoms with Crippen LogP contribution in [0.5, 0.6) is 5.75 Å². The summed E-state index contributed by atoms with van der Waals surface area (Å²) in [6.45, 7) is 5.30. The maximum absolute atomic E-state index is 11.6. The number of pyridine rings is 1. The van der Waals surface area contributed by atoms with Crippen molar-refractivity contribution in [2.75, 3.05) is 13.2 Å². The molecule has 0 aliphatic heterocycles. The van der Waals surface area contributed by atoms with Gasteiger partial charge in [0.2, 0.25) is 0 Å². The highest BCUT2D eigenvalue weighted by Gasteiger charge is 2.11. The number of halogens is 1. The summed E-state index contributed by atoms with van der Waals surface area (Å²) < 4.78 is 8.51. The number of rotatable bonds is 7. The molecule has 0 bridgehead atoms. The number of ether oxygens (including phenoxy) is 1. The Labute approximate surface area is 116 Å². The second-order valence-electron chi connectivity index (χ2n) is 3.98. The third-order valence-corrected chi connectivity index (χ3v) is 2.74. The van der Waals surface area contributed by atoms with Gasteiger partial charge in [0.25, 0.3) is 0 Å². The quantitative estimate of drug-likeness (QED) is 0.356. The van der Waals surface area contributed by atoms with Crippen molar-refractivity contribution in [1.82, 2.24) is 8.51 Å². The van der Waals surface area contributed by atoms with Gasteiger partial charge in [0.1, 0.15) is 11.4 Å². The van der Waals surface area contributed by atoms with Crippen LogP contribution in [-0.4, -0.2) is 23.9 Å². The molecule has 1 aromatic rings. The Bertz CT molecular complexity index is 352. The molecule has 0 aliphatic rings. The highest BCUT2D eigenvalue weighted by molar-refractivity contribution is 14.1. The van der Waals surface area contributed by atoms with E-state index in [0.717, 1.165) is 13.0 Å². The fourth-order valence-corrected chi connectivity index (χ4v) is 1.62. The third-order valence-electron chi connectivity index (χ3n) is 2.20. The lowest BCUT2D eigenvalue weighted by Crippen LogP contribution is -2.10. The van der Waals surface area contributed by atoms with Crippen LogP contribution in [0.15, 0.2) is 18.3 Å². The van der Waals surface area contributed by atoms with Gasteiger partial charge < -0.3 is 4.74 Å². The highest BCUT2D eigenvalue weighted by atomic mass is 127. The summed E-state index contributed by atoms with van der Waals surface area (Å²) in [5.74, 6) is 0.744. The van der Waals surface area contributed by atoms with Crippen LogP contribution in [0.25, 0.3) is 0 Å². The topological polar surface area (TPSA) is 51.2 Å². The molecule has 4 nitrogen and oxygen atoms in total. The molecule has 0 spiro atoms. The van der Waals surface area contributed by atoms with Crippen molar-refractivity contribution in [2.24, 2.45) is 5.92 Å². The van der Waals surface area contributed by atoms with Crippen molar-refractivity contribution in [3.05, 3.63) is 24.0 Å². The molecule has 0 amide bonds. The molecule has 94 valence electrons.